The molecular weight excluding hydrogens is 508 g/mol. The molecule has 0 bridgehead atoms. The molecule has 214 valence electrons. The summed E-state index contributed by atoms with van der Waals surface area (Å²) in [5.74, 6) is -0.199. The van der Waals surface area contributed by atoms with Crippen LogP contribution < -0.4 is 10.2 Å². The highest BCUT2D eigenvalue weighted by Crippen LogP contribution is 2.24. The van der Waals surface area contributed by atoms with Crippen molar-refractivity contribution in [1.82, 2.24) is 20.1 Å². The van der Waals surface area contributed by atoms with Crippen LogP contribution in [0.4, 0.5) is 14.6 Å². The molecule has 0 radical (unpaired) electrons. The van der Waals surface area contributed by atoms with Crippen LogP contribution in [0.15, 0.2) is 66.4 Å². The number of likely N-dealkylation sites (tertiary alicyclic amines) is 1. The number of halogens is 2. The summed E-state index contributed by atoms with van der Waals surface area (Å²) in [6.07, 6.45) is 9.44. The first kappa shape index (κ1) is 29.6. The minimum Gasteiger partial charge on any atom is -0.354 e. The van der Waals surface area contributed by atoms with E-state index >= 15 is 0 Å². The Bertz CT molecular complexity index is 1260. The highest BCUT2D eigenvalue weighted by Gasteiger charge is 2.28. The first-order valence-electron chi connectivity index (χ1n) is 14.1. The fourth-order valence-electron chi connectivity index (χ4n) is 5.69. The molecule has 2 fully saturated rings. The summed E-state index contributed by atoms with van der Waals surface area (Å²) in [5.41, 5.74) is 4.25. The molecule has 8 heteroatoms. The van der Waals surface area contributed by atoms with Crippen LogP contribution in [0.25, 0.3) is 0 Å². The van der Waals surface area contributed by atoms with Gasteiger partial charge >= 0.3 is 0 Å². The van der Waals surface area contributed by atoms with E-state index < -0.39 is 11.6 Å². The number of nitrogens with zero attached hydrogens (tertiary/aromatic N) is 4. The van der Waals surface area contributed by atoms with Crippen LogP contribution in [-0.4, -0.2) is 72.5 Å². The number of carbonyl (C=O) groups is 1. The van der Waals surface area contributed by atoms with E-state index in [9.17, 15) is 13.6 Å². The Morgan fingerprint density at radius 1 is 1.12 bits per heavy atom. The number of piperidine rings is 1. The second-order valence-corrected chi connectivity index (χ2v) is 10.7. The smallest absolute Gasteiger partial charge is 0.253 e. The van der Waals surface area contributed by atoms with Crippen molar-refractivity contribution >= 4 is 11.7 Å². The number of aromatic nitrogens is 1. The summed E-state index contributed by atoms with van der Waals surface area (Å²) < 4.78 is 27.3. The van der Waals surface area contributed by atoms with Crippen molar-refractivity contribution in [2.45, 2.75) is 46.2 Å². The topological polar surface area (TPSA) is 51.7 Å². The summed E-state index contributed by atoms with van der Waals surface area (Å²) in [6.45, 7) is 16.2. The fourth-order valence-corrected chi connectivity index (χ4v) is 5.69. The van der Waals surface area contributed by atoms with Crippen molar-refractivity contribution in [1.29, 1.82) is 0 Å². The molecule has 0 unspecified atom stereocenters. The molecule has 6 nitrogen and oxygen atoms in total. The number of aryl methyl sites for hydroxylation is 1. The van der Waals surface area contributed by atoms with E-state index in [1.165, 1.54) is 6.07 Å². The number of allylic oxidation sites excluding steroid dienone is 3. The van der Waals surface area contributed by atoms with Crippen LogP contribution in [0.1, 0.15) is 48.2 Å². The molecule has 0 aliphatic carbocycles. The Kier molecular flexibility index (Phi) is 10.2. The number of anilines is 1. The Hall–Kier alpha value is -3.36. The van der Waals surface area contributed by atoms with Gasteiger partial charge < -0.3 is 10.2 Å². The molecule has 0 spiro atoms. The second-order valence-electron chi connectivity index (χ2n) is 10.7. The lowest BCUT2D eigenvalue weighted by Crippen LogP contribution is -2.53. The fraction of sp³-hybridized carbons (Fsp3) is 0.438. The van der Waals surface area contributed by atoms with Crippen LogP contribution >= 0.6 is 0 Å². The Morgan fingerprint density at radius 3 is 2.48 bits per heavy atom. The predicted octanol–water partition coefficient (Wildman–Crippen LogP) is 5.26. The van der Waals surface area contributed by atoms with Gasteiger partial charge in [0.1, 0.15) is 17.5 Å². The van der Waals surface area contributed by atoms with Gasteiger partial charge in [-0.1, -0.05) is 30.9 Å². The van der Waals surface area contributed by atoms with Gasteiger partial charge in [-0.2, -0.15) is 0 Å². The molecule has 0 saturated carbocycles. The third-order valence-electron chi connectivity index (χ3n) is 8.07. The summed E-state index contributed by atoms with van der Waals surface area (Å²) >= 11 is 0. The molecule has 4 rings (SSSR count). The van der Waals surface area contributed by atoms with Crippen LogP contribution in [0.3, 0.4) is 0 Å². The molecule has 0 atom stereocenters. The van der Waals surface area contributed by atoms with Gasteiger partial charge in [-0.25, -0.2) is 13.8 Å². The van der Waals surface area contributed by atoms with Crippen LogP contribution in [0.5, 0.6) is 0 Å². The molecule has 2 aromatic rings. The zero-order valence-corrected chi connectivity index (χ0v) is 23.9. The summed E-state index contributed by atoms with van der Waals surface area (Å²) in [6, 6.07) is 6.28. The number of pyridine rings is 1. The molecule has 1 N–H and O–H groups in total. The molecular formula is C32H41F2N5O. The maximum atomic E-state index is 14.1. The molecule has 3 heterocycles. The van der Waals surface area contributed by atoms with Crippen molar-refractivity contribution < 1.29 is 13.6 Å². The molecule has 1 aromatic heterocycles. The predicted molar refractivity (Wildman–Crippen MR) is 157 cm³/mol. The Morgan fingerprint density at radius 2 is 1.85 bits per heavy atom. The molecule has 40 heavy (non-hydrogen) atoms. The standard InChI is InChI=1S/C32H41F2N5O/c1-5-7-23(3)25(6-2)20-36-32(40)27-18-24(4)31(35-21-27)39-16-14-38(15-17-39)29-10-12-37(13-11-29)22-26-8-9-28(33)19-30(26)34/h5-9,18-19,21,29H,1,10-17,20,22H2,2-4H3,(H,36,40)/b23-7-,25-6-. The van der Waals surface area contributed by atoms with E-state index in [0.29, 0.717) is 30.3 Å². The number of nitrogens with one attached hydrogen (secondary N) is 1. The lowest BCUT2D eigenvalue weighted by atomic mass is 10.0. The average molecular weight is 550 g/mol. The summed E-state index contributed by atoms with van der Waals surface area (Å²) in [7, 11) is 0. The van der Waals surface area contributed by atoms with E-state index in [2.05, 4.69) is 31.6 Å². The number of hydrogen-bond acceptors (Lipinski definition) is 5. The quantitative estimate of drug-likeness (QED) is 0.433. The first-order chi connectivity index (χ1) is 19.3. The lowest BCUT2D eigenvalue weighted by Gasteiger charge is -2.43. The zero-order chi connectivity index (χ0) is 28.6. The van der Waals surface area contributed by atoms with Crippen molar-refractivity contribution in [2.24, 2.45) is 0 Å². The van der Waals surface area contributed by atoms with Crippen LogP contribution in [0.2, 0.25) is 0 Å². The van der Waals surface area contributed by atoms with E-state index in [4.69, 9.17) is 0 Å². The van der Waals surface area contributed by atoms with Gasteiger partial charge in [0.05, 0.1) is 5.56 Å². The van der Waals surface area contributed by atoms with Gasteiger partial charge in [0.25, 0.3) is 5.91 Å². The average Bonchev–Trinajstić information content (AvgIpc) is 2.95. The zero-order valence-electron chi connectivity index (χ0n) is 23.9. The highest BCUT2D eigenvalue weighted by molar-refractivity contribution is 5.94. The van der Waals surface area contributed by atoms with E-state index in [-0.39, 0.29) is 5.91 Å². The number of hydrogen-bond donors (Lipinski definition) is 1. The van der Waals surface area contributed by atoms with Crippen molar-refractivity contribution in [3.05, 3.63) is 94.7 Å². The van der Waals surface area contributed by atoms with Gasteiger partial charge in [0.2, 0.25) is 0 Å². The van der Waals surface area contributed by atoms with E-state index in [1.54, 1.807) is 18.3 Å². The largest absolute Gasteiger partial charge is 0.354 e. The first-order valence-corrected chi connectivity index (χ1v) is 14.1. The van der Waals surface area contributed by atoms with Gasteiger partial charge in [-0.3, -0.25) is 14.6 Å². The van der Waals surface area contributed by atoms with Gasteiger partial charge in [-0.05, 0) is 75.5 Å². The molecule has 1 amide bonds. The maximum Gasteiger partial charge on any atom is 0.253 e. The number of piperazine rings is 1. The van der Waals surface area contributed by atoms with Gasteiger partial charge in [0, 0.05) is 63.1 Å². The SMILES string of the molecule is C=C/C=C(C)\C(=C/C)CNC(=O)c1cnc(N2CCN(C3CCN(Cc4ccc(F)cc4F)CC3)CC2)c(C)c1. The van der Waals surface area contributed by atoms with Crippen LogP contribution in [0, 0.1) is 18.6 Å². The third kappa shape index (κ3) is 7.43. The normalized spacial score (nSPS) is 18.2. The minimum atomic E-state index is -0.535. The van der Waals surface area contributed by atoms with Crippen LogP contribution in [-0.2, 0) is 6.54 Å². The van der Waals surface area contributed by atoms with Gasteiger partial charge in [0.15, 0.2) is 0 Å². The van der Waals surface area contributed by atoms with Crippen molar-refractivity contribution in [3.8, 4) is 0 Å². The van der Waals surface area contributed by atoms with Crippen molar-refractivity contribution in [3.63, 3.8) is 0 Å². The molecule has 2 aliphatic rings. The number of amides is 1. The minimum absolute atomic E-state index is 0.133. The third-order valence-corrected chi connectivity index (χ3v) is 8.07. The molecule has 2 aliphatic heterocycles. The number of benzene rings is 1. The van der Waals surface area contributed by atoms with Gasteiger partial charge in [-0.15, -0.1) is 0 Å². The van der Waals surface area contributed by atoms with E-state index in [1.807, 2.05) is 39.0 Å². The Balaban J connectivity index is 1.25. The maximum absolute atomic E-state index is 14.1. The Labute approximate surface area is 237 Å². The summed E-state index contributed by atoms with van der Waals surface area (Å²) in [5, 5.41) is 3.00. The molecule has 1 aromatic carbocycles. The summed E-state index contributed by atoms with van der Waals surface area (Å²) in [4.78, 5) is 24.6. The molecule has 2 saturated heterocycles. The highest BCUT2D eigenvalue weighted by atomic mass is 19.1. The lowest BCUT2D eigenvalue weighted by molar-refractivity contribution is 0.0956. The second kappa shape index (κ2) is 13.8. The van der Waals surface area contributed by atoms with Crippen molar-refractivity contribution in [2.75, 3.05) is 50.7 Å². The number of rotatable bonds is 9. The van der Waals surface area contributed by atoms with E-state index in [0.717, 1.165) is 80.7 Å². The number of carbonyl (C=O) groups excluding carboxylic acids is 1. The monoisotopic (exact) mass is 549 g/mol.